The summed E-state index contributed by atoms with van der Waals surface area (Å²) in [5, 5.41) is 22.4. The van der Waals surface area contributed by atoms with Gasteiger partial charge in [-0.25, -0.2) is 18.4 Å². The van der Waals surface area contributed by atoms with Crippen molar-refractivity contribution in [1.29, 1.82) is 0 Å². The molecule has 4 aliphatic rings. The molecular formula is C45H49F2N11O5. The average Bonchev–Trinajstić information content (AvgIpc) is 3.96. The number of nitrogens with one attached hydrogen (secondary N) is 3. The fraction of sp³-hybridized carbons (Fsp3) is 0.444. The van der Waals surface area contributed by atoms with Crippen LogP contribution in [0.3, 0.4) is 0 Å². The Morgan fingerprint density at radius 3 is 2.56 bits per heavy atom. The van der Waals surface area contributed by atoms with Crippen LogP contribution in [0.25, 0.3) is 16.6 Å². The fourth-order valence-corrected chi connectivity index (χ4v) is 9.52. The largest absolute Gasteiger partial charge is 0.496 e. The number of ether oxygens (including phenoxy) is 1. The van der Waals surface area contributed by atoms with Crippen LogP contribution in [0.1, 0.15) is 78.1 Å². The number of fused-ring (bicyclic) bond motifs is 2. The maximum absolute atomic E-state index is 15.6. The molecule has 4 fully saturated rings. The van der Waals surface area contributed by atoms with Crippen molar-refractivity contribution in [2.45, 2.75) is 69.6 Å². The molecule has 0 saturated carbocycles. The topological polar surface area (TPSA) is 171 Å². The Morgan fingerprint density at radius 1 is 0.968 bits per heavy atom. The van der Waals surface area contributed by atoms with Gasteiger partial charge in [0.1, 0.15) is 52.9 Å². The van der Waals surface area contributed by atoms with E-state index in [4.69, 9.17) is 9.84 Å². The first kappa shape index (κ1) is 41.7. The third-order valence-electron chi connectivity index (χ3n) is 12.9. The zero-order valence-electron chi connectivity index (χ0n) is 35.0. The maximum Gasteiger partial charge on any atom is 0.259 e. The number of halogens is 2. The van der Waals surface area contributed by atoms with Gasteiger partial charge >= 0.3 is 0 Å². The highest BCUT2D eigenvalue weighted by Gasteiger charge is 2.31. The van der Waals surface area contributed by atoms with Gasteiger partial charge in [-0.15, -0.1) is 10.2 Å². The summed E-state index contributed by atoms with van der Waals surface area (Å²) >= 11 is 0. The minimum atomic E-state index is -0.950. The lowest BCUT2D eigenvalue weighted by Crippen LogP contribution is -2.44. The van der Waals surface area contributed by atoms with E-state index in [0.29, 0.717) is 41.5 Å². The number of aromatic nitrogens is 5. The zero-order valence-corrected chi connectivity index (χ0v) is 35.0. The predicted molar refractivity (Wildman–Crippen MR) is 232 cm³/mol. The number of methoxy groups -OCH3 is 1. The molecule has 0 radical (unpaired) electrons. The molecular weight excluding hydrogens is 813 g/mol. The van der Waals surface area contributed by atoms with Crippen molar-refractivity contribution in [3.8, 4) is 5.75 Å². The van der Waals surface area contributed by atoms with Crippen LogP contribution in [-0.2, 0) is 9.59 Å². The first-order chi connectivity index (χ1) is 30.7. The standard InChI is InChI=1S/C45H49F2N11O5/c1-63-41-20-33(19-35(47)42(41)45(62)50-36-7-6-31(25-59)49-39(36)26-60)55-16-8-28(9-17-55)22-54-14-10-32(11-15-54)58-23-29-18-38(40(21-37(29)53-58)56-12-2-4-30(46)24-56)51-44(61)34-5-3-13-57-27-48-52-43(34)57/h3,5,13,18-21,23,27-28,30,32,36,49H,2,4,6-12,14-17,22,24H2,1H3,(H,50,62)(H,51,61)/t30?,36-/m0/s1. The summed E-state index contributed by atoms with van der Waals surface area (Å²) < 4.78 is 39.6. The SMILES string of the molecule is COc1cc(N2CCC(CN3CCC(n4cc5cc(NC(=O)c6cccn7cnnc67)c(N6CCCC(F)C6)cc5n4)CC3)CC2)cc(F)c1C(=O)N[C@H]1CCC(=C=O)NC1=C=O. The van der Waals surface area contributed by atoms with Crippen LogP contribution in [0, 0.1) is 11.7 Å². The highest BCUT2D eigenvalue weighted by Crippen LogP contribution is 2.36. The second-order valence-electron chi connectivity index (χ2n) is 16.9. The Labute approximate surface area is 361 Å². The van der Waals surface area contributed by atoms with Gasteiger partial charge < -0.3 is 35.4 Å². The third-order valence-corrected chi connectivity index (χ3v) is 12.9. The van der Waals surface area contributed by atoms with Crippen molar-refractivity contribution < 1.29 is 32.7 Å². The molecule has 1 unspecified atom stereocenters. The van der Waals surface area contributed by atoms with Gasteiger partial charge in [-0.3, -0.25) is 18.7 Å². The average molecular weight is 862 g/mol. The van der Waals surface area contributed by atoms with E-state index in [-0.39, 0.29) is 54.0 Å². The monoisotopic (exact) mass is 861 g/mol. The minimum absolute atomic E-state index is 0.0111. The number of amides is 2. The van der Waals surface area contributed by atoms with Crippen molar-refractivity contribution in [2.75, 3.05) is 68.0 Å². The van der Waals surface area contributed by atoms with Crippen LogP contribution in [0.2, 0.25) is 0 Å². The highest BCUT2D eigenvalue weighted by molar-refractivity contribution is 6.10. The number of alkyl halides is 1. The highest BCUT2D eigenvalue weighted by atomic mass is 19.1. The number of piperidine rings is 4. The molecule has 9 rings (SSSR count). The molecule has 63 heavy (non-hydrogen) atoms. The van der Waals surface area contributed by atoms with Gasteiger partial charge in [0.15, 0.2) is 5.65 Å². The van der Waals surface area contributed by atoms with Gasteiger partial charge in [-0.1, -0.05) is 0 Å². The summed E-state index contributed by atoms with van der Waals surface area (Å²) in [7, 11) is 1.39. The molecule has 3 aromatic heterocycles. The number of carbonyl (C=O) groups is 2. The number of hydrogen-bond acceptors (Lipinski definition) is 12. The Hall–Kier alpha value is -6.61. The van der Waals surface area contributed by atoms with E-state index < -0.39 is 23.9 Å². The lowest BCUT2D eigenvalue weighted by Gasteiger charge is -2.38. The second-order valence-corrected chi connectivity index (χ2v) is 16.9. The summed E-state index contributed by atoms with van der Waals surface area (Å²) in [6.07, 6.45) is 9.94. The number of likely N-dealkylation sites (tertiary alicyclic amines) is 1. The Morgan fingerprint density at radius 2 is 1.79 bits per heavy atom. The van der Waals surface area contributed by atoms with Gasteiger partial charge in [0.05, 0.1) is 41.6 Å². The lowest BCUT2D eigenvalue weighted by atomic mass is 9.94. The number of rotatable bonds is 10. The van der Waals surface area contributed by atoms with Gasteiger partial charge in [0.25, 0.3) is 11.8 Å². The molecule has 2 atom stereocenters. The molecule has 7 heterocycles. The van der Waals surface area contributed by atoms with E-state index >= 15 is 4.39 Å². The molecule has 2 aromatic carbocycles. The molecule has 18 heteroatoms. The van der Waals surface area contributed by atoms with Crippen LogP contribution in [0.4, 0.5) is 25.8 Å². The van der Waals surface area contributed by atoms with Gasteiger partial charge in [0.2, 0.25) is 0 Å². The van der Waals surface area contributed by atoms with Crippen LogP contribution in [0.5, 0.6) is 5.75 Å². The fourth-order valence-electron chi connectivity index (χ4n) is 9.52. The first-order valence-electron chi connectivity index (χ1n) is 21.6. The molecule has 2 amide bonds. The van der Waals surface area contributed by atoms with Crippen LogP contribution >= 0.6 is 0 Å². The quantitative estimate of drug-likeness (QED) is 0.163. The van der Waals surface area contributed by atoms with Crippen molar-refractivity contribution in [1.82, 2.24) is 39.9 Å². The van der Waals surface area contributed by atoms with E-state index in [1.807, 2.05) is 23.2 Å². The summed E-state index contributed by atoms with van der Waals surface area (Å²) in [4.78, 5) is 56.0. The Bertz CT molecular complexity index is 2640. The summed E-state index contributed by atoms with van der Waals surface area (Å²) in [6, 6.07) is 9.88. The number of pyridine rings is 1. The summed E-state index contributed by atoms with van der Waals surface area (Å²) in [5.74, 6) is 2.23. The van der Waals surface area contributed by atoms with Crippen molar-refractivity contribution in [2.24, 2.45) is 5.92 Å². The van der Waals surface area contributed by atoms with Gasteiger partial charge in [-0.2, -0.15) is 5.10 Å². The number of hydrogen-bond donors (Lipinski definition) is 3. The van der Waals surface area contributed by atoms with Crippen molar-refractivity contribution in [3.05, 3.63) is 83.5 Å². The molecule has 0 aliphatic carbocycles. The van der Waals surface area contributed by atoms with E-state index in [2.05, 4.69) is 40.6 Å². The molecule has 4 saturated heterocycles. The molecule has 3 N–H and O–H groups in total. The number of benzene rings is 2. The maximum atomic E-state index is 15.6. The zero-order chi connectivity index (χ0) is 43.6. The van der Waals surface area contributed by atoms with Crippen LogP contribution in [-0.4, -0.2) is 118 Å². The lowest BCUT2D eigenvalue weighted by molar-refractivity contribution is 0.0930. The number of anilines is 3. The molecule has 4 aliphatic heterocycles. The minimum Gasteiger partial charge on any atom is -0.496 e. The molecule has 5 aromatic rings. The smallest absolute Gasteiger partial charge is 0.259 e. The predicted octanol–water partition coefficient (Wildman–Crippen LogP) is 4.88. The molecule has 16 nitrogen and oxygen atoms in total. The van der Waals surface area contributed by atoms with Gasteiger partial charge in [-0.05, 0) is 81.2 Å². The Kier molecular flexibility index (Phi) is 11.9. The van der Waals surface area contributed by atoms with Crippen molar-refractivity contribution >= 4 is 57.3 Å². The normalized spacial score (nSPS) is 20.4. The number of nitrogens with zero attached hydrogens (tertiary/aromatic N) is 8. The van der Waals surface area contributed by atoms with Crippen LogP contribution < -0.4 is 30.5 Å². The van der Waals surface area contributed by atoms with Gasteiger partial charge in [0, 0.05) is 81.8 Å². The molecule has 328 valence electrons. The summed E-state index contributed by atoms with van der Waals surface area (Å²) in [6.45, 7) is 5.21. The third kappa shape index (κ3) is 8.74. The van der Waals surface area contributed by atoms with E-state index in [0.717, 1.165) is 81.4 Å². The Balaban J connectivity index is 0.811. The number of allylic oxidation sites excluding steroid dienone is 1. The molecule has 0 spiro atoms. The van der Waals surface area contributed by atoms with E-state index in [1.165, 1.54) is 13.2 Å². The first-order valence-corrected chi connectivity index (χ1v) is 21.6. The van der Waals surface area contributed by atoms with E-state index in [9.17, 15) is 23.6 Å². The van der Waals surface area contributed by atoms with Crippen LogP contribution in [0.15, 0.2) is 66.5 Å². The van der Waals surface area contributed by atoms with Crippen molar-refractivity contribution in [3.63, 3.8) is 0 Å². The number of carbonyl (C=O) groups excluding carboxylic acids is 4. The molecule has 0 bridgehead atoms. The second kappa shape index (κ2) is 18.0. The van der Waals surface area contributed by atoms with E-state index in [1.54, 1.807) is 47.0 Å². The summed E-state index contributed by atoms with van der Waals surface area (Å²) in [5.41, 5.74) is 3.55.